The maximum atomic E-state index is 12.1. The van der Waals surface area contributed by atoms with Crippen molar-refractivity contribution in [3.8, 4) is 11.5 Å². The summed E-state index contributed by atoms with van der Waals surface area (Å²) in [7, 11) is 0. The highest BCUT2D eigenvalue weighted by atomic mass is 16.6. The Kier molecular flexibility index (Phi) is 4.14. The maximum absolute atomic E-state index is 12.1. The predicted molar refractivity (Wildman–Crippen MR) is 77.4 cm³/mol. The van der Waals surface area contributed by atoms with Gasteiger partial charge in [0.2, 0.25) is 0 Å². The third-order valence-corrected chi connectivity index (χ3v) is 4.11. The summed E-state index contributed by atoms with van der Waals surface area (Å²) in [5, 5.41) is 10.9. The van der Waals surface area contributed by atoms with Crippen LogP contribution < -0.4 is 9.47 Å². The van der Waals surface area contributed by atoms with E-state index in [2.05, 4.69) is 0 Å². The first-order valence-electron chi connectivity index (χ1n) is 7.10. The number of hydrogen-bond donors (Lipinski definition) is 1. The van der Waals surface area contributed by atoms with Crippen molar-refractivity contribution in [3.63, 3.8) is 0 Å². The van der Waals surface area contributed by atoms with Gasteiger partial charge in [0.15, 0.2) is 11.5 Å². The molecule has 21 heavy (non-hydrogen) atoms. The number of aliphatic hydroxyl groups is 1. The Bertz CT molecular complexity index is 533. The molecule has 0 amide bonds. The topological polar surface area (TPSA) is 65.0 Å². The van der Waals surface area contributed by atoms with Crippen LogP contribution in [-0.4, -0.2) is 30.9 Å². The molecule has 1 aromatic rings. The molecule has 0 saturated carbocycles. The highest BCUT2D eigenvalue weighted by Crippen LogP contribution is 2.43. The summed E-state index contributed by atoms with van der Waals surface area (Å²) in [5.74, 6) is 0.790. The first-order valence-corrected chi connectivity index (χ1v) is 7.10. The van der Waals surface area contributed by atoms with Crippen molar-refractivity contribution in [1.82, 2.24) is 0 Å². The minimum absolute atomic E-state index is 0.277. The van der Waals surface area contributed by atoms with Crippen LogP contribution in [0.3, 0.4) is 0 Å². The van der Waals surface area contributed by atoms with E-state index in [0.717, 1.165) is 0 Å². The fourth-order valence-electron chi connectivity index (χ4n) is 2.22. The van der Waals surface area contributed by atoms with Crippen LogP contribution >= 0.6 is 0 Å². The van der Waals surface area contributed by atoms with Gasteiger partial charge in [0.25, 0.3) is 0 Å². The first-order chi connectivity index (χ1) is 9.80. The van der Waals surface area contributed by atoms with Gasteiger partial charge in [0.05, 0.1) is 12.0 Å². The zero-order valence-electron chi connectivity index (χ0n) is 12.9. The van der Waals surface area contributed by atoms with Gasteiger partial charge in [-0.15, -0.1) is 0 Å². The Hall–Kier alpha value is -1.75. The van der Waals surface area contributed by atoms with Crippen LogP contribution in [0, 0.1) is 5.41 Å². The molecular weight excluding hydrogens is 272 g/mol. The van der Waals surface area contributed by atoms with Crippen LogP contribution in [0.4, 0.5) is 0 Å². The average Bonchev–Trinajstić information content (AvgIpc) is 2.46. The van der Waals surface area contributed by atoms with Crippen molar-refractivity contribution in [2.24, 2.45) is 5.41 Å². The van der Waals surface area contributed by atoms with E-state index in [1.54, 1.807) is 45.9 Å². The number of esters is 1. The molecule has 1 aromatic carbocycles. The largest absolute Gasteiger partial charge is 0.486 e. The molecule has 0 aliphatic carbocycles. The lowest BCUT2D eigenvalue weighted by atomic mass is 9.72. The third-order valence-electron chi connectivity index (χ3n) is 4.11. The fourth-order valence-corrected chi connectivity index (χ4v) is 2.22. The summed E-state index contributed by atoms with van der Waals surface area (Å²) < 4.78 is 16.1. The normalized spacial score (nSPS) is 17.0. The smallest absolute Gasteiger partial charge is 0.314 e. The zero-order chi connectivity index (χ0) is 15.7. The van der Waals surface area contributed by atoms with Gasteiger partial charge >= 0.3 is 5.97 Å². The number of carbonyl (C=O) groups is 1. The second kappa shape index (κ2) is 5.56. The summed E-state index contributed by atoms with van der Waals surface area (Å²) >= 11 is 0. The Labute approximate surface area is 124 Å². The van der Waals surface area contributed by atoms with Crippen molar-refractivity contribution >= 4 is 5.97 Å². The molecule has 1 aliphatic heterocycles. The standard InChI is InChI=1S/C16H22O5/c1-5-19-14(17)15(2,3)16(4,18)11-6-7-12-13(10-11)21-9-8-20-12/h6-7,10,18H,5,8-9H2,1-4H3. The Morgan fingerprint density at radius 3 is 2.48 bits per heavy atom. The summed E-state index contributed by atoms with van der Waals surface area (Å²) in [4.78, 5) is 12.1. The van der Waals surface area contributed by atoms with E-state index in [9.17, 15) is 9.90 Å². The summed E-state index contributed by atoms with van der Waals surface area (Å²) in [6.07, 6.45) is 0. The van der Waals surface area contributed by atoms with Gasteiger partial charge in [-0.1, -0.05) is 6.07 Å². The van der Waals surface area contributed by atoms with Crippen LogP contribution in [0.2, 0.25) is 0 Å². The van der Waals surface area contributed by atoms with E-state index < -0.39 is 17.0 Å². The fraction of sp³-hybridized carbons (Fsp3) is 0.562. The van der Waals surface area contributed by atoms with Gasteiger partial charge in [-0.3, -0.25) is 4.79 Å². The number of rotatable bonds is 4. The van der Waals surface area contributed by atoms with Crippen LogP contribution in [0.25, 0.3) is 0 Å². The van der Waals surface area contributed by atoms with Gasteiger partial charge in [-0.25, -0.2) is 0 Å². The van der Waals surface area contributed by atoms with Gasteiger partial charge in [0, 0.05) is 0 Å². The number of carbonyl (C=O) groups excluding carboxylic acids is 1. The second-order valence-electron chi connectivity index (χ2n) is 5.78. The van der Waals surface area contributed by atoms with E-state index in [1.807, 2.05) is 0 Å². The van der Waals surface area contributed by atoms with Gasteiger partial charge in [-0.2, -0.15) is 0 Å². The summed E-state index contributed by atoms with van der Waals surface area (Å²) in [6, 6.07) is 5.21. The molecule has 5 nitrogen and oxygen atoms in total. The van der Waals surface area contributed by atoms with Gasteiger partial charge in [-0.05, 0) is 45.4 Å². The molecule has 1 N–H and O–H groups in total. The minimum Gasteiger partial charge on any atom is -0.486 e. The van der Waals surface area contributed by atoms with E-state index >= 15 is 0 Å². The van der Waals surface area contributed by atoms with Gasteiger partial charge < -0.3 is 19.3 Å². The molecule has 1 heterocycles. The molecule has 0 radical (unpaired) electrons. The lowest BCUT2D eigenvalue weighted by Crippen LogP contribution is -2.46. The van der Waals surface area contributed by atoms with E-state index in [0.29, 0.717) is 30.3 Å². The molecule has 0 aromatic heterocycles. The number of ether oxygens (including phenoxy) is 3. The lowest BCUT2D eigenvalue weighted by Gasteiger charge is -2.38. The lowest BCUT2D eigenvalue weighted by molar-refractivity contribution is -0.170. The van der Waals surface area contributed by atoms with E-state index in [1.165, 1.54) is 0 Å². The quantitative estimate of drug-likeness (QED) is 0.863. The Balaban J connectivity index is 2.36. The van der Waals surface area contributed by atoms with Crippen LogP contribution in [0.15, 0.2) is 18.2 Å². The molecule has 5 heteroatoms. The number of fused-ring (bicyclic) bond motifs is 1. The van der Waals surface area contributed by atoms with E-state index in [-0.39, 0.29) is 6.61 Å². The van der Waals surface area contributed by atoms with Crippen LogP contribution in [0.1, 0.15) is 33.3 Å². The van der Waals surface area contributed by atoms with Crippen molar-refractivity contribution in [1.29, 1.82) is 0 Å². The van der Waals surface area contributed by atoms with Crippen molar-refractivity contribution in [2.45, 2.75) is 33.3 Å². The Morgan fingerprint density at radius 1 is 1.24 bits per heavy atom. The van der Waals surface area contributed by atoms with Crippen LogP contribution in [-0.2, 0) is 15.1 Å². The number of benzene rings is 1. The molecule has 0 saturated heterocycles. The maximum Gasteiger partial charge on any atom is 0.314 e. The SMILES string of the molecule is CCOC(=O)C(C)(C)C(C)(O)c1ccc2c(c1)OCCO2. The highest BCUT2D eigenvalue weighted by molar-refractivity contribution is 5.78. The molecular formula is C16H22O5. The first kappa shape index (κ1) is 15.6. The Morgan fingerprint density at radius 2 is 1.86 bits per heavy atom. The molecule has 0 bridgehead atoms. The van der Waals surface area contributed by atoms with Gasteiger partial charge in [0.1, 0.15) is 18.8 Å². The highest BCUT2D eigenvalue weighted by Gasteiger charge is 2.48. The molecule has 2 rings (SSSR count). The molecule has 1 atom stereocenters. The predicted octanol–water partition coefficient (Wildman–Crippen LogP) is 2.25. The molecule has 116 valence electrons. The molecule has 1 aliphatic rings. The average molecular weight is 294 g/mol. The second-order valence-corrected chi connectivity index (χ2v) is 5.78. The third kappa shape index (κ3) is 2.70. The zero-order valence-corrected chi connectivity index (χ0v) is 12.9. The van der Waals surface area contributed by atoms with Crippen molar-refractivity contribution < 1.29 is 24.1 Å². The molecule has 0 spiro atoms. The minimum atomic E-state index is -1.39. The van der Waals surface area contributed by atoms with Crippen LogP contribution in [0.5, 0.6) is 11.5 Å². The van der Waals surface area contributed by atoms with Crippen molar-refractivity contribution in [3.05, 3.63) is 23.8 Å². The monoisotopic (exact) mass is 294 g/mol. The number of hydrogen-bond acceptors (Lipinski definition) is 5. The molecule has 0 fully saturated rings. The van der Waals surface area contributed by atoms with E-state index in [4.69, 9.17) is 14.2 Å². The summed E-state index contributed by atoms with van der Waals surface area (Å²) in [6.45, 7) is 7.95. The molecule has 1 unspecified atom stereocenters. The van der Waals surface area contributed by atoms with Crippen molar-refractivity contribution in [2.75, 3.05) is 19.8 Å². The summed E-state index contributed by atoms with van der Waals surface area (Å²) in [5.41, 5.74) is -1.90.